The van der Waals surface area contributed by atoms with Gasteiger partial charge in [-0.3, -0.25) is 10.1 Å². The molecule has 0 aliphatic rings. The van der Waals surface area contributed by atoms with Gasteiger partial charge in [-0.05, 0) is 18.6 Å². The number of rotatable bonds is 8. The van der Waals surface area contributed by atoms with Gasteiger partial charge in [0.2, 0.25) is 10.0 Å². The average Bonchev–Trinajstić information content (AvgIpc) is 2.47. The number of benzene rings is 1. The highest BCUT2D eigenvalue weighted by atomic mass is 32.2. The van der Waals surface area contributed by atoms with Crippen molar-refractivity contribution < 1.29 is 18.1 Å². The summed E-state index contributed by atoms with van der Waals surface area (Å²) < 4.78 is 31.3. The zero-order valence-electron chi connectivity index (χ0n) is 12.4. The van der Waals surface area contributed by atoms with Gasteiger partial charge in [-0.25, -0.2) is 8.42 Å². The molecule has 0 aliphatic carbocycles. The molecule has 7 nitrogen and oxygen atoms in total. The second-order valence-corrected chi connectivity index (χ2v) is 6.35. The van der Waals surface area contributed by atoms with Gasteiger partial charge in [0, 0.05) is 13.1 Å². The van der Waals surface area contributed by atoms with Crippen LogP contribution in [0.5, 0.6) is 5.75 Å². The molecule has 0 amide bonds. The molecule has 1 aromatic rings. The molecule has 1 rings (SSSR count). The number of methoxy groups -OCH3 is 1. The summed E-state index contributed by atoms with van der Waals surface area (Å²) in [4.78, 5) is 10.1. The van der Waals surface area contributed by atoms with Gasteiger partial charge in [-0.15, -0.1) is 0 Å². The van der Waals surface area contributed by atoms with E-state index in [1.165, 1.54) is 23.5 Å². The summed E-state index contributed by atoms with van der Waals surface area (Å²) in [5.74, 6) is 0.247. The fourth-order valence-electron chi connectivity index (χ4n) is 1.91. The van der Waals surface area contributed by atoms with Gasteiger partial charge in [0.15, 0.2) is 4.90 Å². The zero-order chi connectivity index (χ0) is 16.0. The summed E-state index contributed by atoms with van der Waals surface area (Å²) in [5.41, 5.74) is -0.468. The normalized spacial score (nSPS) is 11.6. The Bertz CT molecular complexity index is 601. The molecular weight excluding hydrogens is 296 g/mol. The van der Waals surface area contributed by atoms with Crippen molar-refractivity contribution in [3.8, 4) is 5.75 Å². The molecule has 0 N–H and O–H groups in total. The van der Waals surface area contributed by atoms with E-state index in [0.29, 0.717) is 13.0 Å². The summed E-state index contributed by atoms with van der Waals surface area (Å²) in [5, 5.41) is 11.1. The molecule has 0 spiro atoms. The van der Waals surface area contributed by atoms with Crippen molar-refractivity contribution >= 4 is 15.7 Å². The Morgan fingerprint density at radius 3 is 2.48 bits per heavy atom. The van der Waals surface area contributed by atoms with Crippen LogP contribution in [-0.2, 0) is 10.0 Å². The largest absolute Gasteiger partial charge is 0.497 e. The first-order valence-electron chi connectivity index (χ1n) is 6.71. The lowest BCUT2D eigenvalue weighted by Gasteiger charge is -2.20. The molecule has 0 heterocycles. The third kappa shape index (κ3) is 3.92. The maximum Gasteiger partial charge on any atom is 0.293 e. The van der Waals surface area contributed by atoms with Crippen LogP contribution in [0.15, 0.2) is 23.1 Å². The van der Waals surface area contributed by atoms with Crippen molar-refractivity contribution in [2.24, 2.45) is 0 Å². The first-order valence-corrected chi connectivity index (χ1v) is 8.15. The standard InChI is InChI=1S/C13H20N2O5S/c1-4-6-9-14(5-2)21(18,19)13-8-7-11(20-3)10-12(13)15(16)17/h7-8,10H,4-6,9H2,1-3H3. The highest BCUT2D eigenvalue weighted by molar-refractivity contribution is 7.89. The number of nitro benzene ring substituents is 1. The van der Waals surface area contributed by atoms with Crippen LogP contribution in [0.2, 0.25) is 0 Å². The van der Waals surface area contributed by atoms with Gasteiger partial charge >= 0.3 is 0 Å². The van der Waals surface area contributed by atoms with Crippen LogP contribution in [0.1, 0.15) is 26.7 Å². The van der Waals surface area contributed by atoms with Gasteiger partial charge in [-0.1, -0.05) is 20.3 Å². The molecule has 0 saturated heterocycles. The van der Waals surface area contributed by atoms with E-state index < -0.39 is 20.6 Å². The first-order chi connectivity index (χ1) is 9.88. The summed E-state index contributed by atoms with van der Waals surface area (Å²) in [6.45, 7) is 4.28. The molecule has 1 aromatic carbocycles. The summed E-state index contributed by atoms with van der Waals surface area (Å²) in [6, 6.07) is 3.76. The maximum absolute atomic E-state index is 12.6. The van der Waals surface area contributed by atoms with E-state index in [9.17, 15) is 18.5 Å². The second kappa shape index (κ2) is 7.37. The van der Waals surface area contributed by atoms with Crippen LogP contribution >= 0.6 is 0 Å². The van der Waals surface area contributed by atoms with Crippen molar-refractivity contribution in [1.82, 2.24) is 4.31 Å². The molecule has 0 unspecified atom stereocenters. The van der Waals surface area contributed by atoms with E-state index in [1.54, 1.807) is 6.92 Å². The van der Waals surface area contributed by atoms with Crippen molar-refractivity contribution in [2.45, 2.75) is 31.6 Å². The lowest BCUT2D eigenvalue weighted by atomic mass is 10.3. The van der Waals surface area contributed by atoms with E-state index in [4.69, 9.17) is 4.74 Å². The number of nitro groups is 1. The number of hydrogen-bond acceptors (Lipinski definition) is 5. The number of nitrogens with zero attached hydrogens (tertiary/aromatic N) is 2. The number of hydrogen-bond donors (Lipinski definition) is 0. The molecule has 0 aliphatic heterocycles. The molecule has 21 heavy (non-hydrogen) atoms. The van der Waals surface area contributed by atoms with Crippen molar-refractivity contribution in [3.05, 3.63) is 28.3 Å². The minimum absolute atomic E-state index is 0.247. The lowest BCUT2D eigenvalue weighted by Crippen LogP contribution is -2.32. The Balaban J connectivity index is 3.32. The minimum Gasteiger partial charge on any atom is -0.497 e. The monoisotopic (exact) mass is 316 g/mol. The van der Waals surface area contributed by atoms with E-state index in [-0.39, 0.29) is 17.2 Å². The van der Waals surface area contributed by atoms with Crippen LogP contribution < -0.4 is 4.74 Å². The summed E-state index contributed by atoms with van der Waals surface area (Å²) in [7, 11) is -2.52. The van der Waals surface area contributed by atoms with Crippen LogP contribution in [0.25, 0.3) is 0 Å². The fraction of sp³-hybridized carbons (Fsp3) is 0.538. The summed E-state index contributed by atoms with van der Waals surface area (Å²) >= 11 is 0. The topological polar surface area (TPSA) is 89.8 Å². The van der Waals surface area contributed by atoms with Crippen LogP contribution in [0.3, 0.4) is 0 Å². The third-order valence-corrected chi connectivity index (χ3v) is 5.12. The lowest BCUT2D eigenvalue weighted by molar-refractivity contribution is -0.387. The summed E-state index contributed by atoms with van der Waals surface area (Å²) in [6.07, 6.45) is 1.55. The third-order valence-electron chi connectivity index (χ3n) is 3.09. The molecule has 0 aromatic heterocycles. The molecule has 0 bridgehead atoms. The van der Waals surface area contributed by atoms with E-state index in [0.717, 1.165) is 12.5 Å². The Morgan fingerprint density at radius 1 is 1.33 bits per heavy atom. The molecule has 8 heteroatoms. The van der Waals surface area contributed by atoms with Gasteiger partial charge < -0.3 is 4.74 Å². The van der Waals surface area contributed by atoms with Gasteiger partial charge in [0.25, 0.3) is 5.69 Å². The van der Waals surface area contributed by atoms with Crippen LogP contribution in [0, 0.1) is 10.1 Å². The molecular formula is C13H20N2O5S. The van der Waals surface area contributed by atoms with E-state index >= 15 is 0 Å². The maximum atomic E-state index is 12.6. The van der Waals surface area contributed by atoms with Crippen molar-refractivity contribution in [1.29, 1.82) is 0 Å². The Labute approximate surface area is 124 Å². The van der Waals surface area contributed by atoms with E-state index in [1.807, 2.05) is 6.92 Å². The number of ether oxygens (including phenoxy) is 1. The average molecular weight is 316 g/mol. The number of unbranched alkanes of at least 4 members (excludes halogenated alkanes) is 1. The zero-order valence-corrected chi connectivity index (χ0v) is 13.2. The predicted octanol–water partition coefficient (Wildman–Crippen LogP) is 2.41. The Morgan fingerprint density at radius 2 is 2.00 bits per heavy atom. The fourth-order valence-corrected chi connectivity index (χ4v) is 3.53. The minimum atomic E-state index is -3.89. The molecule has 0 atom stereocenters. The Kier molecular flexibility index (Phi) is 6.10. The molecule has 118 valence electrons. The van der Waals surface area contributed by atoms with Crippen LogP contribution in [0.4, 0.5) is 5.69 Å². The van der Waals surface area contributed by atoms with Gasteiger partial charge in [-0.2, -0.15) is 4.31 Å². The second-order valence-electron chi connectivity index (χ2n) is 4.44. The van der Waals surface area contributed by atoms with Crippen molar-refractivity contribution in [2.75, 3.05) is 20.2 Å². The quantitative estimate of drug-likeness (QED) is 0.542. The van der Waals surface area contributed by atoms with E-state index in [2.05, 4.69) is 0 Å². The Hall–Kier alpha value is -1.67. The first kappa shape index (κ1) is 17.4. The SMILES string of the molecule is CCCCN(CC)S(=O)(=O)c1ccc(OC)cc1[N+](=O)[O-]. The molecule has 0 fully saturated rings. The predicted molar refractivity (Wildman–Crippen MR) is 79.0 cm³/mol. The molecule has 0 radical (unpaired) electrons. The van der Waals surface area contributed by atoms with Gasteiger partial charge in [0.1, 0.15) is 5.75 Å². The van der Waals surface area contributed by atoms with Gasteiger partial charge in [0.05, 0.1) is 18.1 Å². The number of sulfonamides is 1. The smallest absolute Gasteiger partial charge is 0.293 e. The highest BCUT2D eigenvalue weighted by Gasteiger charge is 2.30. The van der Waals surface area contributed by atoms with Crippen LogP contribution in [-0.4, -0.2) is 37.8 Å². The highest BCUT2D eigenvalue weighted by Crippen LogP contribution is 2.30. The van der Waals surface area contributed by atoms with Crippen molar-refractivity contribution in [3.63, 3.8) is 0 Å². The molecule has 0 saturated carbocycles.